The maximum atomic E-state index is 5.37. The van der Waals surface area contributed by atoms with Crippen molar-refractivity contribution in [1.29, 1.82) is 0 Å². The summed E-state index contributed by atoms with van der Waals surface area (Å²) in [6.07, 6.45) is 0. The molecule has 0 bridgehead atoms. The van der Waals surface area contributed by atoms with Crippen molar-refractivity contribution in [3.05, 3.63) is 58.1 Å². The summed E-state index contributed by atoms with van der Waals surface area (Å²) in [6, 6.07) is 14.2. The zero-order valence-corrected chi connectivity index (χ0v) is 15.1. The van der Waals surface area contributed by atoms with Crippen molar-refractivity contribution in [2.75, 3.05) is 12.4 Å². The lowest BCUT2D eigenvalue weighted by Crippen LogP contribution is -2.04. The molecule has 5 heteroatoms. The van der Waals surface area contributed by atoms with Crippen LogP contribution in [0, 0.1) is 6.92 Å². The third-order valence-electron chi connectivity index (χ3n) is 2.95. The average Bonchev–Trinajstić information content (AvgIpc) is 2.49. The fourth-order valence-corrected chi connectivity index (χ4v) is 3.05. The van der Waals surface area contributed by atoms with Gasteiger partial charge in [-0.05, 0) is 42.3 Å². The number of aryl methyl sites for hydroxylation is 1. The molecule has 0 aliphatic rings. The lowest BCUT2D eigenvalue weighted by atomic mass is 10.2. The van der Waals surface area contributed by atoms with Crippen molar-refractivity contribution >= 4 is 49.9 Å². The average molecular weight is 382 g/mol. The molecular formula is C16H16BrNOS2. The molecule has 2 aromatic rings. The van der Waals surface area contributed by atoms with Gasteiger partial charge in [-0.25, -0.2) is 0 Å². The predicted molar refractivity (Wildman–Crippen MR) is 99.4 cm³/mol. The van der Waals surface area contributed by atoms with E-state index in [9.17, 15) is 0 Å². The van der Waals surface area contributed by atoms with Crippen molar-refractivity contribution < 1.29 is 4.74 Å². The summed E-state index contributed by atoms with van der Waals surface area (Å²) < 4.78 is 6.99. The van der Waals surface area contributed by atoms with Crippen LogP contribution in [0.3, 0.4) is 0 Å². The van der Waals surface area contributed by atoms with E-state index in [1.54, 1.807) is 18.9 Å². The summed E-state index contributed by atoms with van der Waals surface area (Å²) in [5, 5.41) is 3.24. The molecule has 0 heterocycles. The maximum Gasteiger partial charge on any atom is 0.138 e. The number of ether oxygens (including phenoxy) is 1. The second kappa shape index (κ2) is 7.82. The molecule has 0 atom stereocenters. The monoisotopic (exact) mass is 381 g/mol. The van der Waals surface area contributed by atoms with Gasteiger partial charge in [-0.15, -0.1) is 0 Å². The van der Waals surface area contributed by atoms with Crippen LogP contribution >= 0.6 is 39.9 Å². The Bertz CT molecular complexity index is 629. The predicted octanol–water partition coefficient (Wildman–Crippen LogP) is 5.40. The standard InChI is InChI=1S/C16H16BrNOS2/c1-11-3-6-13(9-15(11)17)18-16(20)21-10-12-4-7-14(19-2)8-5-12/h3-9H,10H2,1-2H3,(H,18,20). The van der Waals surface area contributed by atoms with Gasteiger partial charge in [0.1, 0.15) is 10.1 Å². The number of methoxy groups -OCH3 is 1. The molecule has 1 N–H and O–H groups in total. The molecule has 0 saturated carbocycles. The number of nitrogens with one attached hydrogen (secondary N) is 1. The van der Waals surface area contributed by atoms with Crippen molar-refractivity contribution in [3.8, 4) is 5.75 Å². The molecule has 21 heavy (non-hydrogen) atoms. The van der Waals surface area contributed by atoms with E-state index in [1.807, 2.05) is 24.3 Å². The molecule has 0 unspecified atom stereocenters. The smallest absolute Gasteiger partial charge is 0.138 e. The zero-order chi connectivity index (χ0) is 15.2. The third kappa shape index (κ3) is 5.02. The van der Waals surface area contributed by atoms with E-state index in [1.165, 1.54) is 11.1 Å². The van der Waals surface area contributed by atoms with Gasteiger partial charge in [0, 0.05) is 15.9 Å². The minimum atomic E-state index is 0.765. The zero-order valence-electron chi connectivity index (χ0n) is 11.9. The van der Waals surface area contributed by atoms with E-state index in [-0.39, 0.29) is 0 Å². The molecule has 2 nitrogen and oxygen atoms in total. The van der Waals surface area contributed by atoms with Gasteiger partial charge in [-0.3, -0.25) is 0 Å². The Kier molecular flexibility index (Phi) is 6.08. The number of halogens is 1. The van der Waals surface area contributed by atoms with Crippen LogP contribution in [0.5, 0.6) is 5.75 Å². The number of hydrogen-bond donors (Lipinski definition) is 1. The highest BCUT2D eigenvalue weighted by Gasteiger charge is 2.02. The van der Waals surface area contributed by atoms with E-state index in [2.05, 4.69) is 46.4 Å². The van der Waals surface area contributed by atoms with Gasteiger partial charge >= 0.3 is 0 Å². The normalized spacial score (nSPS) is 10.2. The highest BCUT2D eigenvalue weighted by atomic mass is 79.9. The third-order valence-corrected chi connectivity index (χ3v) is 5.10. The second-order valence-corrected chi connectivity index (χ2v) is 7.02. The summed E-state index contributed by atoms with van der Waals surface area (Å²) in [4.78, 5) is 0. The van der Waals surface area contributed by atoms with E-state index >= 15 is 0 Å². The topological polar surface area (TPSA) is 21.3 Å². The molecule has 2 rings (SSSR count). The van der Waals surface area contributed by atoms with Gasteiger partial charge in [0.25, 0.3) is 0 Å². The van der Waals surface area contributed by atoms with Crippen LogP contribution in [0.4, 0.5) is 5.69 Å². The Morgan fingerprint density at radius 1 is 1.24 bits per heavy atom. The maximum absolute atomic E-state index is 5.37. The number of thioether (sulfide) groups is 1. The first-order valence-corrected chi connectivity index (χ1v) is 8.60. The minimum Gasteiger partial charge on any atom is -0.497 e. The summed E-state index contributed by atoms with van der Waals surface area (Å²) in [6.45, 7) is 2.06. The minimum absolute atomic E-state index is 0.765. The van der Waals surface area contributed by atoms with Crippen LogP contribution in [-0.4, -0.2) is 11.4 Å². The van der Waals surface area contributed by atoms with E-state index in [0.717, 1.165) is 26.0 Å². The molecule has 0 saturated heterocycles. The van der Waals surface area contributed by atoms with Crippen molar-refractivity contribution in [2.24, 2.45) is 0 Å². The van der Waals surface area contributed by atoms with E-state index < -0.39 is 0 Å². The molecular weight excluding hydrogens is 366 g/mol. The molecule has 110 valence electrons. The Morgan fingerprint density at radius 2 is 1.95 bits per heavy atom. The molecule has 0 aromatic heterocycles. The van der Waals surface area contributed by atoms with Gasteiger partial charge in [-0.2, -0.15) is 0 Å². The Balaban J connectivity index is 1.87. The van der Waals surface area contributed by atoms with Crippen LogP contribution in [-0.2, 0) is 5.75 Å². The second-order valence-electron chi connectivity index (χ2n) is 4.51. The highest BCUT2D eigenvalue weighted by Crippen LogP contribution is 2.23. The fourth-order valence-electron chi connectivity index (χ4n) is 1.70. The van der Waals surface area contributed by atoms with Crippen molar-refractivity contribution in [3.63, 3.8) is 0 Å². The van der Waals surface area contributed by atoms with Crippen LogP contribution in [0.25, 0.3) is 0 Å². The largest absolute Gasteiger partial charge is 0.497 e. The molecule has 2 aromatic carbocycles. The fraction of sp³-hybridized carbons (Fsp3) is 0.188. The lowest BCUT2D eigenvalue weighted by molar-refractivity contribution is 0.414. The first-order chi connectivity index (χ1) is 10.1. The molecule has 0 amide bonds. The van der Waals surface area contributed by atoms with Crippen molar-refractivity contribution in [2.45, 2.75) is 12.7 Å². The summed E-state index contributed by atoms with van der Waals surface area (Å²) >= 11 is 10.5. The summed E-state index contributed by atoms with van der Waals surface area (Å²) in [5.74, 6) is 1.71. The highest BCUT2D eigenvalue weighted by molar-refractivity contribution is 9.10. The van der Waals surface area contributed by atoms with Crippen LogP contribution in [0.1, 0.15) is 11.1 Å². The van der Waals surface area contributed by atoms with Crippen molar-refractivity contribution in [1.82, 2.24) is 0 Å². The van der Waals surface area contributed by atoms with Crippen LogP contribution < -0.4 is 10.1 Å². The number of thiocarbonyl (C=S) groups is 1. The quantitative estimate of drug-likeness (QED) is 0.715. The molecule has 0 aliphatic heterocycles. The number of hydrogen-bond acceptors (Lipinski definition) is 3. The summed E-state index contributed by atoms with van der Waals surface area (Å²) in [7, 11) is 1.67. The first kappa shape index (κ1) is 16.3. The number of anilines is 1. The van der Waals surface area contributed by atoms with Crippen LogP contribution in [0.15, 0.2) is 46.9 Å². The molecule has 0 fully saturated rings. The first-order valence-electron chi connectivity index (χ1n) is 6.41. The summed E-state index contributed by atoms with van der Waals surface area (Å²) in [5.41, 5.74) is 3.42. The number of benzene rings is 2. The number of rotatable bonds is 4. The SMILES string of the molecule is COc1ccc(CSC(=S)Nc2ccc(C)c(Br)c2)cc1. The van der Waals surface area contributed by atoms with Gasteiger partial charge in [0.05, 0.1) is 7.11 Å². The van der Waals surface area contributed by atoms with Gasteiger partial charge in [0.15, 0.2) is 0 Å². The molecule has 0 spiro atoms. The molecule has 0 aliphatic carbocycles. The Hall–Kier alpha value is -1.04. The lowest BCUT2D eigenvalue weighted by Gasteiger charge is -2.09. The Morgan fingerprint density at radius 3 is 2.57 bits per heavy atom. The van der Waals surface area contributed by atoms with Gasteiger partial charge in [0.2, 0.25) is 0 Å². The van der Waals surface area contributed by atoms with Gasteiger partial charge < -0.3 is 10.1 Å². The van der Waals surface area contributed by atoms with E-state index in [4.69, 9.17) is 17.0 Å². The Labute approximate surface area is 143 Å². The van der Waals surface area contributed by atoms with Crippen LogP contribution in [0.2, 0.25) is 0 Å². The van der Waals surface area contributed by atoms with E-state index in [0.29, 0.717) is 0 Å². The van der Waals surface area contributed by atoms with Gasteiger partial charge in [-0.1, -0.05) is 58.1 Å². The molecule has 0 radical (unpaired) electrons.